The molecule has 4 heteroatoms. The van der Waals surface area contributed by atoms with Gasteiger partial charge in [-0.2, -0.15) is 12.6 Å². The summed E-state index contributed by atoms with van der Waals surface area (Å²) in [6.45, 7) is 5.31. The average Bonchev–Trinajstić information content (AvgIpc) is 2.48. The van der Waals surface area contributed by atoms with Crippen LogP contribution < -0.4 is 9.64 Å². The van der Waals surface area contributed by atoms with Crippen LogP contribution in [-0.2, 0) is 0 Å². The number of anilines is 1. The number of nitrogens with zero attached hydrogens (tertiary/aromatic N) is 2. The molecule has 1 heterocycles. The van der Waals surface area contributed by atoms with Crippen molar-refractivity contribution in [1.82, 2.24) is 4.90 Å². The molecule has 0 spiro atoms. The second-order valence-corrected chi connectivity index (χ2v) is 4.98. The first-order valence-corrected chi connectivity index (χ1v) is 7.34. The zero-order chi connectivity index (χ0) is 13.5. The first kappa shape index (κ1) is 14.3. The number of benzene rings is 1. The molecule has 1 fully saturated rings. The van der Waals surface area contributed by atoms with Crippen LogP contribution in [0.25, 0.3) is 0 Å². The number of ether oxygens (including phenoxy) is 1. The van der Waals surface area contributed by atoms with Gasteiger partial charge in [0.05, 0.1) is 12.8 Å². The fourth-order valence-corrected chi connectivity index (χ4v) is 2.51. The maximum atomic E-state index is 5.43. The maximum absolute atomic E-state index is 5.43. The second kappa shape index (κ2) is 7.46. The van der Waals surface area contributed by atoms with Gasteiger partial charge < -0.3 is 9.64 Å². The van der Waals surface area contributed by atoms with Crippen molar-refractivity contribution in [3.8, 4) is 5.75 Å². The van der Waals surface area contributed by atoms with Crippen molar-refractivity contribution < 1.29 is 4.74 Å². The molecule has 3 nitrogen and oxygen atoms in total. The predicted octanol–water partition coefficient (Wildman–Crippen LogP) is 2.30. The molecule has 0 unspecified atom stereocenters. The van der Waals surface area contributed by atoms with Gasteiger partial charge in [-0.05, 0) is 12.1 Å². The molecule has 104 valence electrons. The van der Waals surface area contributed by atoms with Gasteiger partial charge in [0.25, 0.3) is 0 Å². The Bertz CT molecular complexity index is 414. The van der Waals surface area contributed by atoms with Gasteiger partial charge in [0.2, 0.25) is 0 Å². The van der Waals surface area contributed by atoms with Crippen molar-refractivity contribution in [3.63, 3.8) is 0 Å². The lowest BCUT2D eigenvalue weighted by atomic mass is 10.2. The largest absolute Gasteiger partial charge is 0.495 e. The summed E-state index contributed by atoms with van der Waals surface area (Å²) in [6, 6.07) is 8.24. The van der Waals surface area contributed by atoms with Crippen LogP contribution in [0, 0.1) is 0 Å². The van der Waals surface area contributed by atoms with E-state index < -0.39 is 0 Å². The second-order valence-electron chi connectivity index (χ2n) is 4.61. The molecule has 0 aromatic heterocycles. The van der Waals surface area contributed by atoms with E-state index in [4.69, 9.17) is 4.74 Å². The van der Waals surface area contributed by atoms with E-state index in [0.717, 1.165) is 44.2 Å². The van der Waals surface area contributed by atoms with Gasteiger partial charge in [-0.25, -0.2) is 0 Å². The zero-order valence-corrected chi connectivity index (χ0v) is 12.4. The molecular weight excluding hydrogens is 256 g/mol. The van der Waals surface area contributed by atoms with Crippen LogP contribution >= 0.6 is 12.6 Å². The summed E-state index contributed by atoms with van der Waals surface area (Å²) < 4.78 is 5.43. The Labute approximate surface area is 121 Å². The monoisotopic (exact) mass is 278 g/mol. The molecule has 0 aliphatic carbocycles. The van der Waals surface area contributed by atoms with Crippen LogP contribution in [0.4, 0.5) is 5.69 Å². The Kier molecular flexibility index (Phi) is 5.61. The Morgan fingerprint density at radius 2 is 1.89 bits per heavy atom. The van der Waals surface area contributed by atoms with Crippen LogP contribution in [0.1, 0.15) is 0 Å². The van der Waals surface area contributed by atoms with Gasteiger partial charge in [0, 0.05) is 38.5 Å². The molecule has 1 aromatic carbocycles. The topological polar surface area (TPSA) is 15.7 Å². The third-order valence-electron chi connectivity index (χ3n) is 3.43. The Morgan fingerprint density at radius 1 is 1.16 bits per heavy atom. The van der Waals surface area contributed by atoms with Crippen molar-refractivity contribution in [1.29, 1.82) is 0 Å². The minimum Gasteiger partial charge on any atom is -0.495 e. The van der Waals surface area contributed by atoms with Gasteiger partial charge in [0.1, 0.15) is 5.75 Å². The van der Waals surface area contributed by atoms with Crippen molar-refractivity contribution >= 4 is 18.3 Å². The first-order valence-electron chi connectivity index (χ1n) is 6.71. The molecule has 1 aliphatic heterocycles. The molecule has 19 heavy (non-hydrogen) atoms. The standard InChI is InChI=1S/C15H22N2OS/c1-18-15-7-3-2-6-14(15)17-11-9-16(10-12-17)8-4-5-13-19/h2-7,19H,8-13H2,1H3. The summed E-state index contributed by atoms with van der Waals surface area (Å²) in [6.07, 6.45) is 4.31. The fourth-order valence-electron chi connectivity index (χ4n) is 2.36. The Morgan fingerprint density at radius 3 is 2.58 bits per heavy atom. The molecule has 0 saturated carbocycles. The minimum atomic E-state index is 0.821. The Balaban J connectivity index is 1.90. The van der Waals surface area contributed by atoms with E-state index in [1.807, 2.05) is 12.1 Å². The van der Waals surface area contributed by atoms with Crippen molar-refractivity contribution in [3.05, 3.63) is 36.4 Å². The number of para-hydroxylation sites is 2. The SMILES string of the molecule is COc1ccccc1N1CCN(CC=CCS)CC1. The molecule has 0 atom stereocenters. The number of hydrogen-bond acceptors (Lipinski definition) is 4. The molecule has 0 radical (unpaired) electrons. The van der Waals surface area contributed by atoms with Gasteiger partial charge in [-0.3, -0.25) is 4.90 Å². The van der Waals surface area contributed by atoms with Crippen LogP contribution in [-0.4, -0.2) is 50.5 Å². The van der Waals surface area contributed by atoms with E-state index in [2.05, 4.69) is 46.7 Å². The molecule has 0 amide bonds. The van der Waals surface area contributed by atoms with Crippen LogP contribution in [0.5, 0.6) is 5.75 Å². The summed E-state index contributed by atoms with van der Waals surface area (Å²) in [5.74, 6) is 1.78. The third kappa shape index (κ3) is 3.91. The first-order chi connectivity index (χ1) is 9.35. The van der Waals surface area contributed by atoms with Gasteiger partial charge >= 0.3 is 0 Å². The summed E-state index contributed by atoms with van der Waals surface area (Å²) in [7, 11) is 1.73. The van der Waals surface area contributed by atoms with Gasteiger partial charge in [-0.1, -0.05) is 24.3 Å². The summed E-state index contributed by atoms with van der Waals surface area (Å²) >= 11 is 4.18. The highest BCUT2D eigenvalue weighted by Gasteiger charge is 2.18. The van der Waals surface area contributed by atoms with Crippen molar-refractivity contribution in [2.75, 3.05) is 50.5 Å². The highest BCUT2D eigenvalue weighted by molar-refractivity contribution is 7.80. The highest BCUT2D eigenvalue weighted by atomic mass is 32.1. The fraction of sp³-hybridized carbons (Fsp3) is 0.467. The lowest BCUT2D eigenvalue weighted by molar-refractivity contribution is 0.283. The normalized spacial score (nSPS) is 17.1. The van der Waals surface area contributed by atoms with E-state index >= 15 is 0 Å². The quantitative estimate of drug-likeness (QED) is 0.657. The highest BCUT2D eigenvalue weighted by Crippen LogP contribution is 2.28. The lowest BCUT2D eigenvalue weighted by Gasteiger charge is -2.36. The van der Waals surface area contributed by atoms with Crippen LogP contribution in [0.15, 0.2) is 36.4 Å². The van der Waals surface area contributed by atoms with Gasteiger partial charge in [-0.15, -0.1) is 0 Å². The Hall–Kier alpha value is -1.13. The van der Waals surface area contributed by atoms with Crippen LogP contribution in [0.3, 0.4) is 0 Å². The van der Waals surface area contributed by atoms with Crippen molar-refractivity contribution in [2.45, 2.75) is 0 Å². The number of piperazine rings is 1. The molecule has 1 aromatic rings. The molecule has 0 bridgehead atoms. The zero-order valence-electron chi connectivity index (χ0n) is 11.5. The summed E-state index contributed by atoms with van der Waals surface area (Å²) in [5, 5.41) is 0. The van der Waals surface area contributed by atoms with Crippen molar-refractivity contribution in [2.24, 2.45) is 0 Å². The average molecular weight is 278 g/mol. The molecule has 1 saturated heterocycles. The van der Waals surface area contributed by atoms with Crippen LogP contribution in [0.2, 0.25) is 0 Å². The number of hydrogen-bond donors (Lipinski definition) is 1. The van der Waals surface area contributed by atoms with E-state index in [1.54, 1.807) is 7.11 Å². The number of thiol groups is 1. The molecule has 0 N–H and O–H groups in total. The molecule has 2 rings (SSSR count). The lowest BCUT2D eigenvalue weighted by Crippen LogP contribution is -2.46. The molecular formula is C15H22N2OS. The maximum Gasteiger partial charge on any atom is 0.142 e. The number of methoxy groups -OCH3 is 1. The van der Waals surface area contributed by atoms with Gasteiger partial charge in [0.15, 0.2) is 0 Å². The van der Waals surface area contributed by atoms with E-state index in [1.165, 1.54) is 5.69 Å². The third-order valence-corrected chi connectivity index (χ3v) is 3.64. The smallest absolute Gasteiger partial charge is 0.142 e. The summed E-state index contributed by atoms with van der Waals surface area (Å²) in [4.78, 5) is 4.86. The van der Waals surface area contributed by atoms with E-state index in [-0.39, 0.29) is 0 Å². The molecule has 1 aliphatic rings. The van der Waals surface area contributed by atoms with E-state index in [0.29, 0.717) is 0 Å². The minimum absolute atomic E-state index is 0.821. The van der Waals surface area contributed by atoms with E-state index in [9.17, 15) is 0 Å². The number of rotatable bonds is 5. The summed E-state index contributed by atoms with van der Waals surface area (Å²) in [5.41, 5.74) is 1.20. The predicted molar refractivity (Wildman–Crippen MR) is 84.6 cm³/mol.